The Balaban J connectivity index is 1.45. The van der Waals surface area contributed by atoms with Gasteiger partial charge in [0.2, 0.25) is 5.89 Å². The van der Waals surface area contributed by atoms with Crippen molar-refractivity contribution in [2.45, 2.75) is 13.1 Å². The summed E-state index contributed by atoms with van der Waals surface area (Å²) in [7, 11) is 1.95. The van der Waals surface area contributed by atoms with E-state index >= 15 is 0 Å². The monoisotopic (exact) mass is 326 g/mol. The number of benzene rings is 1. The molecule has 0 aliphatic heterocycles. The molecule has 24 heavy (non-hydrogen) atoms. The van der Waals surface area contributed by atoms with Crippen molar-refractivity contribution in [1.82, 2.24) is 20.1 Å². The van der Waals surface area contributed by atoms with Crippen LogP contribution in [0.4, 0.5) is 4.39 Å². The molecule has 0 aliphatic carbocycles. The van der Waals surface area contributed by atoms with Gasteiger partial charge in [0.05, 0.1) is 12.8 Å². The molecular formula is C17H15FN4O2. The molecule has 3 heterocycles. The molecule has 0 amide bonds. The third kappa shape index (κ3) is 2.93. The molecule has 0 saturated carbocycles. The van der Waals surface area contributed by atoms with Crippen molar-refractivity contribution in [1.29, 1.82) is 0 Å². The highest BCUT2D eigenvalue weighted by Gasteiger charge is 2.13. The molecule has 0 unspecified atom stereocenters. The van der Waals surface area contributed by atoms with Gasteiger partial charge in [0.25, 0.3) is 5.89 Å². The summed E-state index contributed by atoms with van der Waals surface area (Å²) in [6.45, 7) is 1.15. The molecule has 0 atom stereocenters. The molecule has 4 aromatic rings. The first-order valence-electron chi connectivity index (χ1n) is 7.49. The van der Waals surface area contributed by atoms with Crippen LogP contribution in [0.3, 0.4) is 0 Å². The first kappa shape index (κ1) is 14.6. The molecule has 6 nitrogen and oxygen atoms in total. The molecule has 0 spiro atoms. The molecule has 3 aromatic heterocycles. The Morgan fingerprint density at radius 3 is 2.92 bits per heavy atom. The summed E-state index contributed by atoms with van der Waals surface area (Å²) in [5, 5.41) is 8.86. The van der Waals surface area contributed by atoms with Crippen LogP contribution in [-0.4, -0.2) is 27.1 Å². The highest BCUT2D eigenvalue weighted by Crippen LogP contribution is 2.20. The minimum Gasteiger partial charge on any atom is -0.459 e. The molecule has 122 valence electrons. The Bertz CT molecular complexity index is 958. The zero-order chi connectivity index (χ0) is 16.5. The van der Waals surface area contributed by atoms with E-state index in [1.54, 1.807) is 24.5 Å². The van der Waals surface area contributed by atoms with Gasteiger partial charge in [-0.3, -0.25) is 4.90 Å². The maximum Gasteiger partial charge on any atom is 0.283 e. The summed E-state index contributed by atoms with van der Waals surface area (Å²) in [6, 6.07) is 10.2. The highest BCUT2D eigenvalue weighted by atomic mass is 19.1. The van der Waals surface area contributed by atoms with Gasteiger partial charge in [-0.15, -0.1) is 10.2 Å². The van der Waals surface area contributed by atoms with Crippen LogP contribution in [-0.2, 0) is 13.1 Å². The Hall–Kier alpha value is -2.93. The fourth-order valence-electron chi connectivity index (χ4n) is 2.64. The van der Waals surface area contributed by atoms with Gasteiger partial charge < -0.3 is 13.8 Å². The number of fused-ring (bicyclic) bond motifs is 1. The van der Waals surface area contributed by atoms with Crippen LogP contribution in [0.2, 0.25) is 0 Å². The number of rotatable bonds is 5. The van der Waals surface area contributed by atoms with E-state index < -0.39 is 0 Å². The molecule has 0 fully saturated rings. The molecule has 0 bridgehead atoms. The van der Waals surface area contributed by atoms with Crippen LogP contribution >= 0.6 is 0 Å². The van der Waals surface area contributed by atoms with Gasteiger partial charge in [-0.1, -0.05) is 0 Å². The molecule has 0 aliphatic rings. The number of aromatic amines is 1. The van der Waals surface area contributed by atoms with Gasteiger partial charge in [0, 0.05) is 23.1 Å². The van der Waals surface area contributed by atoms with E-state index in [1.807, 2.05) is 18.0 Å². The quantitative estimate of drug-likeness (QED) is 0.607. The van der Waals surface area contributed by atoms with Crippen molar-refractivity contribution < 1.29 is 13.2 Å². The Kier molecular flexibility index (Phi) is 3.62. The second-order valence-electron chi connectivity index (χ2n) is 5.68. The normalized spacial score (nSPS) is 11.6. The third-order valence-electron chi connectivity index (χ3n) is 3.68. The minimum absolute atomic E-state index is 0.238. The van der Waals surface area contributed by atoms with E-state index in [4.69, 9.17) is 8.83 Å². The number of H-pyrrole nitrogens is 1. The number of furan rings is 1. The lowest BCUT2D eigenvalue weighted by Gasteiger charge is -2.12. The fraction of sp³-hybridized carbons (Fsp3) is 0.176. The van der Waals surface area contributed by atoms with Gasteiger partial charge in [0.15, 0.2) is 5.76 Å². The van der Waals surface area contributed by atoms with Crippen LogP contribution < -0.4 is 0 Å². The number of nitrogens with one attached hydrogen (secondary N) is 1. The summed E-state index contributed by atoms with van der Waals surface area (Å²) in [6.07, 6.45) is 1.56. The van der Waals surface area contributed by atoms with E-state index in [2.05, 4.69) is 15.2 Å². The predicted octanol–water partition coefficient (Wildman–Crippen LogP) is 3.58. The van der Waals surface area contributed by atoms with E-state index in [9.17, 15) is 4.39 Å². The minimum atomic E-state index is -0.238. The lowest BCUT2D eigenvalue weighted by atomic mass is 10.2. The van der Waals surface area contributed by atoms with Crippen molar-refractivity contribution in [3.8, 4) is 11.7 Å². The van der Waals surface area contributed by atoms with Crippen LogP contribution in [0.1, 0.15) is 11.6 Å². The fourth-order valence-corrected chi connectivity index (χ4v) is 2.64. The second-order valence-corrected chi connectivity index (χ2v) is 5.68. The van der Waals surface area contributed by atoms with Gasteiger partial charge in [-0.2, -0.15) is 0 Å². The summed E-state index contributed by atoms with van der Waals surface area (Å²) in [4.78, 5) is 5.31. The average molecular weight is 326 g/mol. The number of hydrogen-bond donors (Lipinski definition) is 1. The molecule has 1 N–H and O–H groups in total. The zero-order valence-electron chi connectivity index (χ0n) is 13.0. The molecule has 7 heteroatoms. The van der Waals surface area contributed by atoms with Crippen molar-refractivity contribution in [3.63, 3.8) is 0 Å². The average Bonchev–Trinajstić information content (AvgIpc) is 3.25. The number of aromatic nitrogens is 3. The van der Waals surface area contributed by atoms with E-state index in [0.717, 1.165) is 16.6 Å². The first-order valence-corrected chi connectivity index (χ1v) is 7.49. The molecule has 4 rings (SSSR count). The lowest BCUT2D eigenvalue weighted by Crippen LogP contribution is -2.17. The highest BCUT2D eigenvalue weighted by molar-refractivity contribution is 5.80. The van der Waals surface area contributed by atoms with E-state index in [0.29, 0.717) is 30.6 Å². The smallest absolute Gasteiger partial charge is 0.283 e. The largest absolute Gasteiger partial charge is 0.459 e. The Labute approximate surface area is 136 Å². The number of halogens is 1. The first-order chi connectivity index (χ1) is 11.7. The number of hydrogen-bond acceptors (Lipinski definition) is 5. The maximum atomic E-state index is 13.3. The summed E-state index contributed by atoms with van der Waals surface area (Å²) in [5.74, 6) is 1.18. The van der Waals surface area contributed by atoms with Crippen LogP contribution in [0.15, 0.2) is 51.5 Å². The summed E-state index contributed by atoms with van der Waals surface area (Å²) < 4.78 is 24.1. The predicted molar refractivity (Wildman–Crippen MR) is 85.4 cm³/mol. The lowest BCUT2D eigenvalue weighted by molar-refractivity contribution is 0.279. The number of nitrogens with zero attached hydrogens (tertiary/aromatic N) is 3. The summed E-state index contributed by atoms with van der Waals surface area (Å²) >= 11 is 0. The molecular weight excluding hydrogens is 311 g/mol. The van der Waals surface area contributed by atoms with Crippen molar-refractivity contribution in [2.24, 2.45) is 0 Å². The second kappa shape index (κ2) is 5.93. The van der Waals surface area contributed by atoms with Gasteiger partial charge in [-0.05, 0) is 43.4 Å². The van der Waals surface area contributed by atoms with Crippen LogP contribution in [0.25, 0.3) is 22.6 Å². The van der Waals surface area contributed by atoms with Crippen molar-refractivity contribution in [3.05, 3.63) is 60.1 Å². The van der Waals surface area contributed by atoms with E-state index in [-0.39, 0.29) is 5.82 Å². The third-order valence-corrected chi connectivity index (χ3v) is 3.68. The van der Waals surface area contributed by atoms with Gasteiger partial charge >= 0.3 is 0 Å². The topological polar surface area (TPSA) is 71.1 Å². The van der Waals surface area contributed by atoms with E-state index in [1.165, 1.54) is 12.1 Å². The standard InChI is InChI=1S/C17H15FN4O2/c1-22(9-13-8-11-7-12(18)4-5-14(11)19-13)10-16-20-21-17(24-16)15-3-2-6-23-15/h2-8,19H,9-10H2,1H3. The molecule has 0 radical (unpaired) electrons. The molecule has 1 aromatic carbocycles. The zero-order valence-corrected chi connectivity index (χ0v) is 13.0. The van der Waals surface area contributed by atoms with Crippen molar-refractivity contribution in [2.75, 3.05) is 7.05 Å². The Morgan fingerprint density at radius 2 is 2.08 bits per heavy atom. The molecule has 0 saturated heterocycles. The summed E-state index contributed by atoms with van der Waals surface area (Å²) in [5.41, 5.74) is 1.90. The van der Waals surface area contributed by atoms with Gasteiger partial charge in [-0.25, -0.2) is 4.39 Å². The van der Waals surface area contributed by atoms with Crippen LogP contribution in [0, 0.1) is 5.82 Å². The van der Waals surface area contributed by atoms with Crippen LogP contribution in [0.5, 0.6) is 0 Å². The Morgan fingerprint density at radius 1 is 1.17 bits per heavy atom. The SMILES string of the molecule is CN(Cc1cc2cc(F)ccc2[nH]1)Cc1nnc(-c2ccco2)o1. The van der Waals surface area contributed by atoms with Crippen molar-refractivity contribution >= 4 is 10.9 Å². The maximum absolute atomic E-state index is 13.3. The van der Waals surface area contributed by atoms with Gasteiger partial charge in [0.1, 0.15) is 5.82 Å².